The van der Waals surface area contributed by atoms with E-state index < -0.39 is 11.9 Å². The van der Waals surface area contributed by atoms with E-state index in [-0.39, 0.29) is 48.0 Å². The lowest BCUT2D eigenvalue weighted by atomic mass is 9.83. The van der Waals surface area contributed by atoms with Gasteiger partial charge in [-0.2, -0.15) is 5.26 Å². The Labute approximate surface area is 219 Å². The fourth-order valence-electron chi connectivity index (χ4n) is 4.50. The lowest BCUT2D eigenvalue weighted by Gasteiger charge is -2.27. The normalized spacial score (nSPS) is 18.2. The van der Waals surface area contributed by atoms with Gasteiger partial charge in [-0.1, -0.05) is 19.3 Å². The first-order chi connectivity index (χ1) is 17.3. The minimum absolute atomic E-state index is 0.0816. The highest BCUT2D eigenvalue weighted by atomic mass is 79.9. The SMILES string of the molecule is CCOC(=O)C1=C(C)OC(N)=C(C#N)C1c1cc(Br)c(OCC(=O)NC2CCCCC2)c(OCC)c1. The first kappa shape index (κ1) is 27.4. The molecular weight excluding hydrogens is 530 g/mol. The molecule has 1 aliphatic carbocycles. The highest BCUT2D eigenvalue weighted by molar-refractivity contribution is 9.10. The number of hydrogen-bond acceptors (Lipinski definition) is 8. The molecular formula is C26H32BrN3O6. The van der Waals surface area contributed by atoms with Crippen LogP contribution in [0.15, 0.2) is 39.4 Å². The number of nitrogens with zero attached hydrogens (tertiary/aromatic N) is 1. The minimum atomic E-state index is -0.832. The maximum absolute atomic E-state index is 12.8. The number of amides is 1. The maximum atomic E-state index is 12.8. The fourth-order valence-corrected chi connectivity index (χ4v) is 5.07. The van der Waals surface area contributed by atoms with Crippen molar-refractivity contribution in [3.05, 3.63) is 45.0 Å². The van der Waals surface area contributed by atoms with Crippen molar-refractivity contribution in [1.82, 2.24) is 5.32 Å². The van der Waals surface area contributed by atoms with Crippen molar-refractivity contribution in [2.45, 2.75) is 64.8 Å². The molecule has 2 aliphatic rings. The molecule has 3 N–H and O–H groups in total. The molecule has 1 aromatic rings. The number of nitrogens with one attached hydrogen (secondary N) is 1. The van der Waals surface area contributed by atoms with Crippen LogP contribution >= 0.6 is 15.9 Å². The Morgan fingerprint density at radius 2 is 1.92 bits per heavy atom. The van der Waals surface area contributed by atoms with Crippen LogP contribution in [0.2, 0.25) is 0 Å². The molecule has 36 heavy (non-hydrogen) atoms. The van der Waals surface area contributed by atoms with Crippen molar-refractivity contribution in [3.63, 3.8) is 0 Å². The van der Waals surface area contributed by atoms with E-state index in [0.717, 1.165) is 25.7 Å². The van der Waals surface area contributed by atoms with Crippen LogP contribution in [0.3, 0.4) is 0 Å². The van der Waals surface area contributed by atoms with Gasteiger partial charge in [0.15, 0.2) is 18.1 Å². The van der Waals surface area contributed by atoms with Gasteiger partial charge in [-0.05, 0) is 67.2 Å². The van der Waals surface area contributed by atoms with E-state index in [2.05, 4.69) is 27.3 Å². The molecule has 0 aromatic heterocycles. The third kappa shape index (κ3) is 6.32. The van der Waals surface area contributed by atoms with Gasteiger partial charge in [0.1, 0.15) is 17.4 Å². The minimum Gasteiger partial charge on any atom is -0.490 e. The molecule has 1 saturated carbocycles. The van der Waals surface area contributed by atoms with Gasteiger partial charge >= 0.3 is 5.97 Å². The Morgan fingerprint density at radius 1 is 1.19 bits per heavy atom. The second-order valence-corrected chi connectivity index (χ2v) is 9.42. The third-order valence-electron chi connectivity index (χ3n) is 6.08. The van der Waals surface area contributed by atoms with Gasteiger partial charge in [0.25, 0.3) is 5.91 Å². The van der Waals surface area contributed by atoms with E-state index in [4.69, 9.17) is 24.7 Å². The quantitative estimate of drug-likeness (QED) is 0.426. The summed E-state index contributed by atoms with van der Waals surface area (Å²) in [6.07, 6.45) is 5.39. The Bertz CT molecular complexity index is 1100. The molecule has 0 spiro atoms. The van der Waals surface area contributed by atoms with Crippen LogP contribution in [0.1, 0.15) is 64.4 Å². The average Bonchev–Trinajstić information content (AvgIpc) is 2.84. The second kappa shape index (κ2) is 12.7. The lowest BCUT2D eigenvalue weighted by Crippen LogP contribution is -2.39. The Morgan fingerprint density at radius 3 is 2.56 bits per heavy atom. The first-order valence-corrected chi connectivity index (χ1v) is 12.9. The number of halogens is 1. The molecule has 194 valence electrons. The Kier molecular flexibility index (Phi) is 9.65. The fraction of sp³-hybridized carbons (Fsp3) is 0.500. The van der Waals surface area contributed by atoms with E-state index in [1.165, 1.54) is 6.42 Å². The third-order valence-corrected chi connectivity index (χ3v) is 6.67. The van der Waals surface area contributed by atoms with Gasteiger partial charge in [-0.3, -0.25) is 4.79 Å². The number of carbonyl (C=O) groups is 2. The highest BCUT2D eigenvalue weighted by Crippen LogP contribution is 2.45. The summed E-state index contributed by atoms with van der Waals surface area (Å²) < 4.78 is 22.9. The molecule has 1 aromatic carbocycles. The van der Waals surface area contributed by atoms with Crippen molar-refractivity contribution < 1.29 is 28.5 Å². The zero-order valence-electron chi connectivity index (χ0n) is 20.8. The number of hydrogen-bond donors (Lipinski definition) is 2. The number of ether oxygens (including phenoxy) is 4. The summed E-state index contributed by atoms with van der Waals surface area (Å²) in [5, 5.41) is 12.9. The standard InChI is InChI=1S/C26H32BrN3O6/c1-4-33-20-12-16(23-18(13-28)25(29)36-15(3)22(23)26(32)34-5-2)11-19(27)24(20)35-14-21(31)30-17-9-7-6-8-10-17/h11-12,17,23H,4-10,14,29H2,1-3H3,(H,30,31). The predicted molar refractivity (Wildman–Crippen MR) is 136 cm³/mol. The number of nitrogens with two attached hydrogens (primary N) is 1. The van der Waals surface area contributed by atoms with Crippen LogP contribution < -0.4 is 20.5 Å². The molecule has 0 bridgehead atoms. The molecule has 1 atom stereocenters. The lowest BCUT2D eigenvalue weighted by molar-refractivity contribution is -0.139. The molecule has 10 heteroatoms. The highest BCUT2D eigenvalue weighted by Gasteiger charge is 2.37. The zero-order chi connectivity index (χ0) is 26.2. The average molecular weight is 562 g/mol. The zero-order valence-corrected chi connectivity index (χ0v) is 22.4. The summed E-state index contributed by atoms with van der Waals surface area (Å²) in [6.45, 7) is 5.43. The van der Waals surface area contributed by atoms with Crippen molar-refractivity contribution in [2.24, 2.45) is 5.73 Å². The molecule has 1 aliphatic heterocycles. The molecule has 1 heterocycles. The van der Waals surface area contributed by atoms with E-state index >= 15 is 0 Å². The summed E-state index contributed by atoms with van der Waals surface area (Å²) >= 11 is 3.51. The summed E-state index contributed by atoms with van der Waals surface area (Å²) in [4.78, 5) is 25.3. The van der Waals surface area contributed by atoms with Crippen molar-refractivity contribution in [2.75, 3.05) is 19.8 Å². The van der Waals surface area contributed by atoms with Crippen LogP contribution in [0.25, 0.3) is 0 Å². The van der Waals surface area contributed by atoms with E-state index in [9.17, 15) is 14.9 Å². The first-order valence-electron chi connectivity index (χ1n) is 12.1. The molecule has 9 nitrogen and oxygen atoms in total. The number of rotatable bonds is 9. The van der Waals surface area contributed by atoms with E-state index in [0.29, 0.717) is 28.1 Å². The molecule has 1 amide bonds. The molecule has 1 fully saturated rings. The topological polar surface area (TPSA) is 133 Å². The monoisotopic (exact) mass is 561 g/mol. The number of carbonyl (C=O) groups excluding carboxylic acids is 2. The summed E-state index contributed by atoms with van der Waals surface area (Å²) in [7, 11) is 0. The van der Waals surface area contributed by atoms with E-state index in [1.807, 2.05) is 6.92 Å². The van der Waals surface area contributed by atoms with Crippen molar-refractivity contribution in [3.8, 4) is 17.6 Å². The molecule has 3 rings (SSSR count). The largest absolute Gasteiger partial charge is 0.490 e. The maximum Gasteiger partial charge on any atom is 0.338 e. The van der Waals surface area contributed by atoms with Gasteiger partial charge in [0.05, 0.1) is 29.2 Å². The van der Waals surface area contributed by atoms with Gasteiger partial charge in [0, 0.05) is 6.04 Å². The van der Waals surface area contributed by atoms with Crippen LogP contribution in [0, 0.1) is 11.3 Å². The molecule has 0 radical (unpaired) electrons. The van der Waals surface area contributed by atoms with Gasteiger partial charge in [0.2, 0.25) is 5.88 Å². The predicted octanol–water partition coefficient (Wildman–Crippen LogP) is 4.32. The van der Waals surface area contributed by atoms with Crippen molar-refractivity contribution >= 4 is 27.8 Å². The van der Waals surface area contributed by atoms with Crippen LogP contribution in [0.5, 0.6) is 11.5 Å². The Balaban J connectivity index is 1.93. The van der Waals surface area contributed by atoms with Crippen LogP contribution in [0.4, 0.5) is 0 Å². The van der Waals surface area contributed by atoms with Crippen molar-refractivity contribution in [1.29, 1.82) is 5.26 Å². The molecule has 0 saturated heterocycles. The number of benzene rings is 1. The number of allylic oxidation sites excluding steroid dienone is 2. The summed E-state index contributed by atoms with van der Waals surface area (Å²) in [5.74, 6) is -0.757. The van der Waals surface area contributed by atoms with Crippen LogP contribution in [-0.4, -0.2) is 37.7 Å². The van der Waals surface area contributed by atoms with E-state index in [1.54, 1.807) is 26.0 Å². The Hall–Kier alpha value is -3.19. The van der Waals surface area contributed by atoms with Gasteiger partial charge in [-0.25, -0.2) is 4.79 Å². The second-order valence-electron chi connectivity index (χ2n) is 8.57. The van der Waals surface area contributed by atoms with Gasteiger partial charge < -0.3 is 30.0 Å². The number of nitriles is 1. The number of esters is 1. The summed E-state index contributed by atoms with van der Waals surface area (Å²) in [6, 6.07) is 5.63. The molecule has 1 unspecified atom stereocenters. The summed E-state index contributed by atoms with van der Waals surface area (Å²) in [5.41, 5.74) is 6.81. The van der Waals surface area contributed by atoms with Gasteiger partial charge in [-0.15, -0.1) is 0 Å². The smallest absolute Gasteiger partial charge is 0.338 e. The van der Waals surface area contributed by atoms with Crippen LogP contribution in [-0.2, 0) is 19.1 Å².